The SMILES string of the molecule is Cn1ccnc1[C@](O)(CC(=O)NC1CCCC1)C(F)(F)F. The lowest BCUT2D eigenvalue weighted by Crippen LogP contribution is -2.48. The Bertz CT molecular complexity index is 509. The van der Waals surface area contributed by atoms with Crippen LogP contribution in [0.5, 0.6) is 0 Å². The maximum Gasteiger partial charge on any atom is 0.425 e. The summed E-state index contributed by atoms with van der Waals surface area (Å²) in [6.07, 6.45) is -0.197. The second-order valence-electron chi connectivity index (χ2n) is 5.45. The van der Waals surface area contributed by atoms with E-state index in [4.69, 9.17) is 0 Å². The molecule has 0 saturated heterocycles. The highest BCUT2D eigenvalue weighted by molar-refractivity contribution is 5.77. The molecule has 1 aliphatic carbocycles. The number of aromatic nitrogens is 2. The fourth-order valence-corrected chi connectivity index (χ4v) is 2.65. The molecular formula is C13H18F3N3O2. The zero-order chi connectivity index (χ0) is 15.7. The summed E-state index contributed by atoms with van der Waals surface area (Å²) in [6.45, 7) is 0. The van der Waals surface area contributed by atoms with Crippen LogP contribution in [-0.4, -0.2) is 32.8 Å². The van der Waals surface area contributed by atoms with Gasteiger partial charge >= 0.3 is 6.18 Å². The van der Waals surface area contributed by atoms with E-state index in [-0.39, 0.29) is 6.04 Å². The van der Waals surface area contributed by atoms with Crippen molar-refractivity contribution in [1.82, 2.24) is 14.9 Å². The summed E-state index contributed by atoms with van der Waals surface area (Å²) in [4.78, 5) is 15.4. The van der Waals surface area contributed by atoms with Crippen LogP contribution < -0.4 is 5.32 Å². The summed E-state index contributed by atoms with van der Waals surface area (Å²) in [7, 11) is 1.34. The molecule has 1 fully saturated rings. The van der Waals surface area contributed by atoms with Crippen molar-refractivity contribution < 1.29 is 23.1 Å². The maximum absolute atomic E-state index is 13.2. The third kappa shape index (κ3) is 3.20. The molecule has 21 heavy (non-hydrogen) atoms. The summed E-state index contributed by atoms with van der Waals surface area (Å²) in [5.41, 5.74) is -3.28. The van der Waals surface area contributed by atoms with Gasteiger partial charge in [0, 0.05) is 25.5 Å². The molecule has 0 aliphatic heterocycles. The number of alkyl halides is 3. The molecule has 0 unspecified atom stereocenters. The van der Waals surface area contributed by atoms with Crippen molar-refractivity contribution in [2.24, 2.45) is 7.05 Å². The van der Waals surface area contributed by atoms with E-state index in [1.165, 1.54) is 13.2 Å². The molecular weight excluding hydrogens is 287 g/mol. The molecule has 0 spiro atoms. The molecule has 5 nitrogen and oxygen atoms in total. The van der Waals surface area contributed by atoms with Crippen LogP contribution in [0.3, 0.4) is 0 Å². The van der Waals surface area contributed by atoms with Gasteiger partial charge in [-0.25, -0.2) is 4.98 Å². The third-order valence-electron chi connectivity index (χ3n) is 3.80. The number of rotatable bonds is 4. The summed E-state index contributed by atoms with van der Waals surface area (Å²) in [5, 5.41) is 12.6. The first-order valence-electron chi connectivity index (χ1n) is 6.80. The first kappa shape index (κ1) is 15.8. The minimum atomic E-state index is -4.99. The zero-order valence-corrected chi connectivity index (χ0v) is 11.7. The highest BCUT2D eigenvalue weighted by Crippen LogP contribution is 2.40. The highest BCUT2D eigenvalue weighted by atomic mass is 19.4. The Balaban J connectivity index is 2.17. The summed E-state index contributed by atoms with van der Waals surface area (Å²) in [5.74, 6) is -1.40. The van der Waals surface area contributed by atoms with Crippen molar-refractivity contribution in [3.63, 3.8) is 0 Å². The van der Waals surface area contributed by atoms with Crippen LogP contribution in [0.15, 0.2) is 12.4 Å². The number of aliphatic hydroxyl groups is 1. The van der Waals surface area contributed by atoms with Gasteiger partial charge in [0.2, 0.25) is 11.5 Å². The Morgan fingerprint density at radius 3 is 2.57 bits per heavy atom. The second kappa shape index (κ2) is 5.67. The molecule has 1 saturated carbocycles. The van der Waals surface area contributed by atoms with Gasteiger partial charge in [0.25, 0.3) is 0 Å². The molecule has 1 aromatic heterocycles. The van der Waals surface area contributed by atoms with Gasteiger partial charge in [0.15, 0.2) is 5.82 Å². The van der Waals surface area contributed by atoms with Crippen LogP contribution in [-0.2, 0) is 17.4 Å². The predicted octanol–water partition coefficient (Wildman–Crippen LogP) is 1.62. The largest absolute Gasteiger partial charge is 0.425 e. The minimum absolute atomic E-state index is 0.101. The Hall–Kier alpha value is -1.57. The smallest absolute Gasteiger partial charge is 0.374 e. The van der Waals surface area contributed by atoms with E-state index >= 15 is 0 Å². The lowest BCUT2D eigenvalue weighted by molar-refractivity contribution is -0.271. The van der Waals surface area contributed by atoms with E-state index in [0.29, 0.717) is 0 Å². The number of aryl methyl sites for hydroxylation is 1. The minimum Gasteiger partial charge on any atom is -0.374 e. The average Bonchev–Trinajstić information content (AvgIpc) is 2.98. The van der Waals surface area contributed by atoms with Crippen LogP contribution in [0.4, 0.5) is 13.2 Å². The maximum atomic E-state index is 13.2. The van der Waals surface area contributed by atoms with Crippen LogP contribution in [0.25, 0.3) is 0 Å². The fourth-order valence-electron chi connectivity index (χ4n) is 2.65. The Morgan fingerprint density at radius 2 is 2.10 bits per heavy atom. The highest BCUT2D eigenvalue weighted by Gasteiger charge is 2.58. The van der Waals surface area contributed by atoms with Gasteiger partial charge in [-0.05, 0) is 12.8 Å². The fraction of sp³-hybridized carbons (Fsp3) is 0.692. The second-order valence-corrected chi connectivity index (χ2v) is 5.45. The van der Waals surface area contributed by atoms with Gasteiger partial charge in [-0.15, -0.1) is 0 Å². The van der Waals surface area contributed by atoms with Gasteiger partial charge < -0.3 is 15.0 Å². The quantitative estimate of drug-likeness (QED) is 0.888. The number of carbonyl (C=O) groups excluding carboxylic acids is 1. The molecule has 2 N–H and O–H groups in total. The molecule has 1 amide bonds. The van der Waals surface area contributed by atoms with E-state index in [9.17, 15) is 23.1 Å². The molecule has 0 bridgehead atoms. The van der Waals surface area contributed by atoms with E-state index in [1.54, 1.807) is 0 Å². The molecule has 1 aliphatic rings. The monoisotopic (exact) mass is 305 g/mol. The summed E-state index contributed by atoms with van der Waals surface area (Å²) < 4.78 is 40.8. The predicted molar refractivity (Wildman–Crippen MR) is 68.2 cm³/mol. The number of nitrogens with one attached hydrogen (secondary N) is 1. The van der Waals surface area contributed by atoms with Crippen molar-refractivity contribution in [3.05, 3.63) is 18.2 Å². The molecule has 1 heterocycles. The lowest BCUT2D eigenvalue weighted by Gasteiger charge is -2.29. The van der Waals surface area contributed by atoms with Crippen LogP contribution in [0.1, 0.15) is 37.9 Å². The Morgan fingerprint density at radius 1 is 1.48 bits per heavy atom. The van der Waals surface area contributed by atoms with Gasteiger partial charge in [0.1, 0.15) is 0 Å². The summed E-state index contributed by atoms with van der Waals surface area (Å²) in [6, 6.07) is -0.101. The van der Waals surface area contributed by atoms with Crippen molar-refractivity contribution in [3.8, 4) is 0 Å². The van der Waals surface area contributed by atoms with Gasteiger partial charge in [-0.1, -0.05) is 12.8 Å². The van der Waals surface area contributed by atoms with Crippen LogP contribution in [0.2, 0.25) is 0 Å². The molecule has 2 rings (SSSR count). The van der Waals surface area contributed by atoms with Crippen LogP contribution >= 0.6 is 0 Å². The molecule has 118 valence electrons. The number of carbonyl (C=O) groups is 1. The number of amides is 1. The van der Waals surface area contributed by atoms with Crippen molar-refractivity contribution in [2.45, 2.75) is 49.9 Å². The Labute approximate surface area is 120 Å². The van der Waals surface area contributed by atoms with Gasteiger partial charge in [-0.3, -0.25) is 4.79 Å². The van der Waals surface area contributed by atoms with Crippen molar-refractivity contribution in [1.29, 1.82) is 0 Å². The van der Waals surface area contributed by atoms with E-state index < -0.39 is 29.9 Å². The number of nitrogens with zero attached hydrogens (tertiary/aromatic N) is 2. The average molecular weight is 305 g/mol. The standard InChI is InChI=1S/C13H18F3N3O2/c1-19-7-6-17-11(19)12(21,13(14,15)16)8-10(20)18-9-4-2-3-5-9/h6-7,9,21H,2-5,8H2,1H3,(H,18,20)/t12-/m1/s1. The molecule has 0 aromatic carbocycles. The summed E-state index contributed by atoms with van der Waals surface area (Å²) >= 11 is 0. The van der Waals surface area contributed by atoms with Gasteiger partial charge in [-0.2, -0.15) is 13.2 Å². The molecule has 8 heteroatoms. The van der Waals surface area contributed by atoms with Crippen LogP contribution in [0, 0.1) is 0 Å². The number of imidazole rings is 1. The Kier molecular flexibility index (Phi) is 4.27. The first-order chi connectivity index (χ1) is 9.74. The first-order valence-corrected chi connectivity index (χ1v) is 6.80. The number of hydrogen-bond acceptors (Lipinski definition) is 3. The third-order valence-corrected chi connectivity index (χ3v) is 3.80. The van der Waals surface area contributed by atoms with E-state index in [2.05, 4.69) is 10.3 Å². The van der Waals surface area contributed by atoms with Crippen molar-refractivity contribution in [2.75, 3.05) is 0 Å². The normalized spacial score (nSPS) is 19.5. The topological polar surface area (TPSA) is 67.1 Å². The number of halogens is 3. The molecule has 0 radical (unpaired) electrons. The van der Waals surface area contributed by atoms with Crippen molar-refractivity contribution >= 4 is 5.91 Å². The zero-order valence-electron chi connectivity index (χ0n) is 11.7. The van der Waals surface area contributed by atoms with Gasteiger partial charge in [0.05, 0.1) is 6.42 Å². The van der Waals surface area contributed by atoms with E-state index in [1.807, 2.05) is 0 Å². The molecule has 1 atom stereocenters. The lowest BCUT2D eigenvalue weighted by atomic mass is 9.97. The number of hydrogen-bond donors (Lipinski definition) is 2. The van der Waals surface area contributed by atoms with E-state index in [0.717, 1.165) is 36.4 Å². The molecule has 1 aromatic rings.